The van der Waals surface area contributed by atoms with Gasteiger partial charge in [-0.2, -0.15) is 0 Å². The molecule has 2 fully saturated rings. The van der Waals surface area contributed by atoms with Gasteiger partial charge in [-0.1, -0.05) is 30.7 Å². The Hall–Kier alpha value is -1.57. The van der Waals surface area contributed by atoms with Gasteiger partial charge in [-0.25, -0.2) is 0 Å². The van der Waals surface area contributed by atoms with Crippen LogP contribution >= 0.6 is 0 Å². The van der Waals surface area contributed by atoms with E-state index < -0.39 is 6.10 Å². The van der Waals surface area contributed by atoms with Crippen LogP contribution in [0.3, 0.4) is 0 Å². The van der Waals surface area contributed by atoms with Crippen molar-refractivity contribution in [2.45, 2.75) is 97.3 Å². The van der Waals surface area contributed by atoms with Gasteiger partial charge in [-0.3, -0.25) is 4.79 Å². The predicted molar refractivity (Wildman–Crippen MR) is 123 cm³/mol. The Balaban J connectivity index is 1.83. The van der Waals surface area contributed by atoms with E-state index in [1.165, 1.54) is 5.57 Å². The minimum Gasteiger partial charge on any atom is -0.392 e. The number of amides is 1. The smallest absolute Gasteiger partial charge is 0.220 e. The molecule has 3 N–H and O–H groups in total. The number of unbranched alkanes of at least 4 members (excludes halogenated alkanes) is 1. The summed E-state index contributed by atoms with van der Waals surface area (Å²) in [6, 6.07) is 0. The Morgan fingerprint density at radius 2 is 2.07 bits per heavy atom. The van der Waals surface area contributed by atoms with Gasteiger partial charge < -0.3 is 15.5 Å². The topological polar surface area (TPSA) is 69.6 Å². The number of aliphatic hydroxyl groups is 2. The van der Waals surface area contributed by atoms with E-state index in [0.717, 1.165) is 32.1 Å². The zero-order valence-corrected chi connectivity index (χ0v) is 19.4. The van der Waals surface area contributed by atoms with Crippen LogP contribution in [0, 0.1) is 35.5 Å². The van der Waals surface area contributed by atoms with Gasteiger partial charge in [0.2, 0.25) is 5.91 Å². The van der Waals surface area contributed by atoms with Crippen molar-refractivity contribution in [3.05, 3.63) is 23.8 Å². The van der Waals surface area contributed by atoms with Crippen LogP contribution in [-0.4, -0.2) is 33.9 Å². The number of nitrogens with one attached hydrogen (secondary N) is 1. The third-order valence-electron chi connectivity index (χ3n) is 6.38. The number of hydrogen-bond acceptors (Lipinski definition) is 3. The number of carbonyl (C=O) groups excluding carboxylic acids is 1. The van der Waals surface area contributed by atoms with Crippen LogP contribution in [0.15, 0.2) is 23.8 Å². The first-order valence-corrected chi connectivity index (χ1v) is 11.5. The van der Waals surface area contributed by atoms with Crippen molar-refractivity contribution >= 4 is 5.91 Å². The minimum atomic E-state index is -0.521. The maximum Gasteiger partial charge on any atom is 0.220 e. The molecule has 0 heterocycles. The molecule has 0 aliphatic heterocycles. The monoisotopic (exact) mass is 415 g/mol. The highest BCUT2D eigenvalue weighted by atomic mass is 16.3. The first-order valence-electron chi connectivity index (χ1n) is 11.5. The van der Waals surface area contributed by atoms with E-state index in [1.54, 1.807) is 0 Å². The van der Waals surface area contributed by atoms with Gasteiger partial charge in [0.15, 0.2) is 0 Å². The minimum absolute atomic E-state index is 0.0950. The summed E-state index contributed by atoms with van der Waals surface area (Å²) < 4.78 is 0. The Labute approximate surface area is 183 Å². The number of allylic oxidation sites excluding steroid dienone is 2. The number of hydrogen-bond donors (Lipinski definition) is 3. The maximum atomic E-state index is 11.9. The number of carbonyl (C=O) groups is 1. The van der Waals surface area contributed by atoms with Crippen molar-refractivity contribution in [2.24, 2.45) is 23.7 Å². The molecule has 2 rings (SSSR count). The van der Waals surface area contributed by atoms with Crippen molar-refractivity contribution in [2.75, 3.05) is 0 Å². The predicted octanol–water partition coefficient (Wildman–Crippen LogP) is 4.37. The van der Waals surface area contributed by atoms with E-state index in [1.807, 2.05) is 40.7 Å². The average molecular weight is 416 g/mol. The van der Waals surface area contributed by atoms with E-state index in [2.05, 4.69) is 29.3 Å². The van der Waals surface area contributed by atoms with E-state index in [4.69, 9.17) is 0 Å². The lowest BCUT2D eigenvalue weighted by Gasteiger charge is -2.20. The lowest BCUT2D eigenvalue weighted by Crippen LogP contribution is -2.40. The fraction of sp³-hybridized carbons (Fsp3) is 0.731. The molecule has 0 saturated heterocycles. The van der Waals surface area contributed by atoms with Crippen molar-refractivity contribution in [3.63, 3.8) is 0 Å². The van der Waals surface area contributed by atoms with Crippen LogP contribution in [0.2, 0.25) is 0 Å². The number of rotatable bonds is 8. The molecule has 6 atom stereocenters. The largest absolute Gasteiger partial charge is 0.392 e. The second-order valence-corrected chi connectivity index (χ2v) is 10.2. The molecule has 4 nitrogen and oxygen atoms in total. The molecule has 1 amide bonds. The van der Waals surface area contributed by atoms with E-state index in [-0.39, 0.29) is 29.4 Å². The second kappa shape index (κ2) is 11.2. The third kappa shape index (κ3) is 7.60. The fourth-order valence-corrected chi connectivity index (χ4v) is 4.80. The first kappa shape index (κ1) is 24.7. The molecule has 2 aliphatic carbocycles. The summed E-state index contributed by atoms with van der Waals surface area (Å²) in [5, 5.41) is 23.9. The van der Waals surface area contributed by atoms with E-state index in [9.17, 15) is 15.0 Å². The molecule has 4 heteroatoms. The van der Waals surface area contributed by atoms with Gasteiger partial charge in [-0.15, -0.1) is 11.8 Å². The van der Waals surface area contributed by atoms with Crippen molar-refractivity contribution < 1.29 is 15.0 Å². The van der Waals surface area contributed by atoms with Gasteiger partial charge in [0.1, 0.15) is 0 Å². The van der Waals surface area contributed by atoms with Crippen LogP contribution in [-0.2, 0) is 4.79 Å². The first-order chi connectivity index (χ1) is 14.1. The van der Waals surface area contributed by atoms with E-state index >= 15 is 0 Å². The SMILES string of the molecule is CC#CC[C@@H](C)[C@H](O)C=C[C@@H]1[C@H]2CC(=CCCCC(=O)NC(C)(C)C)C[C@H]2C[C@H]1O. The molecule has 30 heavy (non-hydrogen) atoms. The summed E-state index contributed by atoms with van der Waals surface area (Å²) in [4.78, 5) is 11.9. The van der Waals surface area contributed by atoms with Crippen molar-refractivity contribution in [1.82, 2.24) is 5.32 Å². The molecule has 0 aromatic heterocycles. The van der Waals surface area contributed by atoms with Crippen LogP contribution in [0.5, 0.6) is 0 Å². The zero-order chi connectivity index (χ0) is 22.3. The highest BCUT2D eigenvalue weighted by Crippen LogP contribution is 2.50. The Kier molecular flexibility index (Phi) is 9.19. The Bertz CT molecular complexity index is 691. The quantitative estimate of drug-likeness (QED) is 0.313. The molecular weight excluding hydrogens is 374 g/mol. The third-order valence-corrected chi connectivity index (χ3v) is 6.38. The summed E-state index contributed by atoms with van der Waals surface area (Å²) in [5.74, 6) is 7.23. The lowest BCUT2D eigenvalue weighted by molar-refractivity contribution is -0.122. The van der Waals surface area contributed by atoms with Gasteiger partial charge in [-0.05, 0) is 77.6 Å². The molecule has 2 aliphatic rings. The van der Waals surface area contributed by atoms with Gasteiger partial charge >= 0.3 is 0 Å². The molecule has 0 spiro atoms. The molecule has 0 radical (unpaired) electrons. The highest BCUT2D eigenvalue weighted by molar-refractivity contribution is 5.76. The molecular formula is C26H41NO3. The summed E-state index contributed by atoms with van der Waals surface area (Å²) >= 11 is 0. The van der Waals surface area contributed by atoms with Gasteiger partial charge in [0, 0.05) is 24.3 Å². The molecule has 0 aromatic rings. The van der Waals surface area contributed by atoms with Gasteiger partial charge in [0.05, 0.1) is 12.2 Å². The van der Waals surface area contributed by atoms with Crippen LogP contribution < -0.4 is 5.32 Å². The molecule has 0 unspecified atom stereocenters. The summed E-state index contributed by atoms with van der Waals surface area (Å²) in [5.41, 5.74) is 1.30. The standard InChI is InChI=1S/C26H41NO3/c1-6-7-10-18(2)23(28)14-13-21-22-16-19(15-20(22)17-24(21)29)11-8-9-12-25(30)27-26(3,4)5/h11,13-14,18,20-24,28-29H,8-10,12,15-17H2,1-5H3,(H,27,30)/t18-,20+,21-,22+,23-,24-/m1/s1. The molecule has 168 valence electrons. The summed E-state index contributed by atoms with van der Waals surface area (Å²) in [7, 11) is 0. The number of fused-ring (bicyclic) bond motifs is 1. The van der Waals surface area contributed by atoms with Crippen molar-refractivity contribution in [1.29, 1.82) is 0 Å². The van der Waals surface area contributed by atoms with Gasteiger partial charge in [0.25, 0.3) is 0 Å². The van der Waals surface area contributed by atoms with E-state index in [0.29, 0.717) is 24.7 Å². The molecule has 0 bridgehead atoms. The summed E-state index contributed by atoms with van der Waals surface area (Å²) in [6.45, 7) is 9.83. The normalized spacial score (nSPS) is 29.5. The second-order valence-electron chi connectivity index (χ2n) is 10.2. The lowest BCUT2D eigenvalue weighted by atomic mass is 9.89. The van der Waals surface area contributed by atoms with Crippen LogP contribution in [0.4, 0.5) is 0 Å². The zero-order valence-electron chi connectivity index (χ0n) is 19.4. The van der Waals surface area contributed by atoms with Crippen LogP contribution in [0.25, 0.3) is 0 Å². The Morgan fingerprint density at radius 1 is 1.33 bits per heavy atom. The Morgan fingerprint density at radius 3 is 2.73 bits per heavy atom. The summed E-state index contributed by atoms with van der Waals surface area (Å²) in [6.07, 6.45) is 11.4. The highest BCUT2D eigenvalue weighted by Gasteiger charge is 2.44. The maximum absolute atomic E-state index is 11.9. The number of aliphatic hydroxyl groups excluding tert-OH is 2. The fourth-order valence-electron chi connectivity index (χ4n) is 4.80. The molecule has 0 aromatic carbocycles. The van der Waals surface area contributed by atoms with Crippen LogP contribution in [0.1, 0.15) is 79.6 Å². The molecule has 2 saturated carbocycles. The average Bonchev–Trinajstić information content (AvgIpc) is 3.16. The van der Waals surface area contributed by atoms with Crippen molar-refractivity contribution in [3.8, 4) is 11.8 Å².